The molecule has 1 N–H and O–H groups in total. The molecular weight excluding hydrogens is 406 g/mol. The predicted molar refractivity (Wildman–Crippen MR) is 114 cm³/mol. The smallest absolute Gasteiger partial charge is 0.335 e. The molecule has 3 aromatic rings. The van der Waals surface area contributed by atoms with E-state index in [0.29, 0.717) is 5.69 Å². The van der Waals surface area contributed by atoms with Crippen molar-refractivity contribution < 1.29 is 24.3 Å². The number of nitrogens with zero attached hydrogens (tertiary/aromatic N) is 1. The topological polar surface area (TPSA) is 91.8 Å². The highest BCUT2D eigenvalue weighted by molar-refractivity contribution is 6.24. The molecule has 3 aliphatic carbocycles. The molecule has 2 atom stereocenters. The van der Waals surface area contributed by atoms with E-state index >= 15 is 0 Å². The summed E-state index contributed by atoms with van der Waals surface area (Å²) in [7, 11) is 0. The molecule has 1 fully saturated rings. The van der Waals surface area contributed by atoms with Crippen molar-refractivity contribution in [3.05, 3.63) is 101 Å². The molecule has 2 bridgehead atoms. The molecule has 3 aromatic carbocycles. The van der Waals surface area contributed by atoms with Crippen LogP contribution < -0.4 is 4.90 Å². The van der Waals surface area contributed by atoms with Crippen molar-refractivity contribution in [2.75, 3.05) is 4.90 Å². The molecule has 4 aliphatic rings. The van der Waals surface area contributed by atoms with E-state index in [9.17, 15) is 24.3 Å². The van der Waals surface area contributed by atoms with Crippen LogP contribution in [0.5, 0.6) is 0 Å². The van der Waals surface area contributed by atoms with Gasteiger partial charge in [0.2, 0.25) is 11.8 Å². The maximum atomic E-state index is 13.8. The van der Waals surface area contributed by atoms with Crippen molar-refractivity contribution in [1.82, 2.24) is 0 Å². The second-order valence-electron chi connectivity index (χ2n) is 8.51. The highest BCUT2D eigenvalue weighted by atomic mass is 16.4. The number of benzene rings is 3. The zero-order chi connectivity index (χ0) is 22.2. The summed E-state index contributed by atoms with van der Waals surface area (Å²) in [5, 5.41) is 9.17. The van der Waals surface area contributed by atoms with Gasteiger partial charge < -0.3 is 9.90 Å². The number of carbonyl (C=O) groups excluding carboxylic acids is 3. The Labute approximate surface area is 183 Å². The molecule has 0 saturated carbocycles. The van der Waals surface area contributed by atoms with E-state index in [1.54, 1.807) is 0 Å². The fourth-order valence-electron chi connectivity index (χ4n) is 6.04. The SMILES string of the molecule is O=CC12c3ccccc3C(c3ccccc31)[C@@H]1C(=O)N(c3ccc(C(=O)O)cc3)C(=O)[C@@H]12. The Bertz CT molecular complexity index is 1290. The predicted octanol–water partition coefficient (Wildman–Crippen LogP) is 3.13. The number of carboxylic acid groups (broad SMARTS) is 1. The molecule has 156 valence electrons. The van der Waals surface area contributed by atoms with E-state index in [-0.39, 0.29) is 17.4 Å². The van der Waals surface area contributed by atoms with Gasteiger partial charge in [-0.05, 0) is 46.5 Å². The van der Waals surface area contributed by atoms with Crippen molar-refractivity contribution in [2.24, 2.45) is 11.8 Å². The highest BCUT2D eigenvalue weighted by Crippen LogP contribution is 2.63. The summed E-state index contributed by atoms with van der Waals surface area (Å²) < 4.78 is 0. The molecule has 1 aliphatic heterocycles. The van der Waals surface area contributed by atoms with Crippen LogP contribution in [0.3, 0.4) is 0 Å². The lowest BCUT2D eigenvalue weighted by Gasteiger charge is -2.51. The van der Waals surface area contributed by atoms with E-state index in [4.69, 9.17) is 0 Å². The van der Waals surface area contributed by atoms with Crippen molar-refractivity contribution in [1.29, 1.82) is 0 Å². The zero-order valence-electron chi connectivity index (χ0n) is 16.8. The fourth-order valence-corrected chi connectivity index (χ4v) is 6.04. The monoisotopic (exact) mass is 423 g/mol. The zero-order valence-corrected chi connectivity index (χ0v) is 16.8. The maximum absolute atomic E-state index is 13.8. The fraction of sp³-hybridized carbons (Fsp3) is 0.154. The summed E-state index contributed by atoms with van der Waals surface area (Å²) in [5.41, 5.74) is 2.51. The van der Waals surface area contributed by atoms with Gasteiger partial charge in [0.05, 0.1) is 28.5 Å². The van der Waals surface area contributed by atoms with Gasteiger partial charge in [-0.3, -0.25) is 9.59 Å². The molecule has 0 aromatic heterocycles. The van der Waals surface area contributed by atoms with Gasteiger partial charge in [-0.1, -0.05) is 48.5 Å². The summed E-state index contributed by atoms with van der Waals surface area (Å²) >= 11 is 0. The number of hydrogen-bond donors (Lipinski definition) is 1. The van der Waals surface area contributed by atoms with Crippen LogP contribution in [0.4, 0.5) is 5.69 Å². The van der Waals surface area contributed by atoms with Crippen LogP contribution in [-0.2, 0) is 19.8 Å². The number of hydrogen-bond acceptors (Lipinski definition) is 4. The Hall–Kier alpha value is -4.06. The number of aldehydes is 1. The van der Waals surface area contributed by atoms with E-state index in [1.807, 2.05) is 48.5 Å². The van der Waals surface area contributed by atoms with Crippen LogP contribution >= 0.6 is 0 Å². The third kappa shape index (κ3) is 2.04. The summed E-state index contributed by atoms with van der Waals surface area (Å²) in [6, 6.07) is 20.8. The van der Waals surface area contributed by atoms with Gasteiger partial charge in [0, 0.05) is 5.92 Å². The molecule has 0 unspecified atom stereocenters. The van der Waals surface area contributed by atoms with Crippen molar-refractivity contribution in [3.8, 4) is 0 Å². The number of imide groups is 1. The second-order valence-corrected chi connectivity index (χ2v) is 8.51. The Morgan fingerprint density at radius 1 is 0.844 bits per heavy atom. The van der Waals surface area contributed by atoms with E-state index in [0.717, 1.165) is 33.4 Å². The molecule has 6 heteroatoms. The van der Waals surface area contributed by atoms with Crippen molar-refractivity contribution >= 4 is 29.8 Å². The number of amides is 2. The maximum Gasteiger partial charge on any atom is 0.335 e. The normalized spacial score (nSPS) is 27.0. The van der Waals surface area contributed by atoms with Crippen LogP contribution in [0, 0.1) is 11.8 Å². The summed E-state index contributed by atoms with van der Waals surface area (Å²) in [4.78, 5) is 52.7. The minimum Gasteiger partial charge on any atom is -0.478 e. The molecule has 2 amide bonds. The second kappa shape index (κ2) is 6.23. The van der Waals surface area contributed by atoms with Crippen LogP contribution in [0.25, 0.3) is 0 Å². The lowest BCUT2D eigenvalue weighted by Crippen LogP contribution is -2.54. The van der Waals surface area contributed by atoms with Crippen LogP contribution in [0.2, 0.25) is 0 Å². The molecule has 32 heavy (non-hydrogen) atoms. The first-order valence-electron chi connectivity index (χ1n) is 10.4. The number of anilines is 1. The Kier molecular flexibility index (Phi) is 3.64. The molecule has 1 heterocycles. The Morgan fingerprint density at radius 2 is 1.41 bits per heavy atom. The van der Waals surface area contributed by atoms with Gasteiger partial charge >= 0.3 is 5.97 Å². The number of aromatic carboxylic acids is 1. The molecule has 0 spiro atoms. The van der Waals surface area contributed by atoms with Gasteiger partial charge in [0.25, 0.3) is 0 Å². The van der Waals surface area contributed by atoms with Gasteiger partial charge in [-0.15, -0.1) is 0 Å². The Balaban J connectivity index is 1.58. The number of carboxylic acids is 1. The lowest BCUT2D eigenvalue weighted by atomic mass is 9.48. The third-order valence-electron chi connectivity index (χ3n) is 7.24. The van der Waals surface area contributed by atoms with Crippen LogP contribution in [0.15, 0.2) is 72.8 Å². The minimum absolute atomic E-state index is 0.0644. The molecule has 6 nitrogen and oxygen atoms in total. The van der Waals surface area contributed by atoms with Crippen molar-refractivity contribution in [3.63, 3.8) is 0 Å². The first kappa shape index (κ1) is 18.7. The largest absolute Gasteiger partial charge is 0.478 e. The summed E-state index contributed by atoms with van der Waals surface area (Å²) in [6.07, 6.45) is 0.833. The number of rotatable bonds is 3. The Morgan fingerprint density at radius 3 is 1.94 bits per heavy atom. The van der Waals surface area contributed by atoms with Gasteiger partial charge in [0.15, 0.2) is 0 Å². The first-order chi connectivity index (χ1) is 15.5. The minimum atomic E-state index is -1.24. The molecular formula is C26H17NO5. The van der Waals surface area contributed by atoms with E-state index in [1.165, 1.54) is 24.3 Å². The first-order valence-corrected chi connectivity index (χ1v) is 10.4. The quantitative estimate of drug-likeness (QED) is 0.516. The summed E-state index contributed by atoms with van der Waals surface area (Å²) in [6.45, 7) is 0. The molecule has 7 rings (SSSR count). The average molecular weight is 423 g/mol. The van der Waals surface area contributed by atoms with Crippen LogP contribution in [0.1, 0.15) is 38.5 Å². The highest BCUT2D eigenvalue weighted by Gasteiger charge is 2.68. The van der Waals surface area contributed by atoms with Gasteiger partial charge in [-0.2, -0.15) is 0 Å². The third-order valence-corrected chi connectivity index (χ3v) is 7.24. The van der Waals surface area contributed by atoms with Crippen molar-refractivity contribution in [2.45, 2.75) is 11.3 Å². The molecule has 0 radical (unpaired) electrons. The summed E-state index contributed by atoms with van der Waals surface area (Å²) in [5.74, 6) is -3.74. The molecule has 1 saturated heterocycles. The number of carbonyl (C=O) groups is 4. The standard InChI is InChI=1S/C26H17NO5/c28-13-26-18-7-3-1-5-16(18)20(17-6-2-4-8-19(17)26)21-22(26)24(30)27(23(21)29)15-11-9-14(10-12-15)25(31)32/h1-13,20-22H,(H,31,32)/t20?,21-,22+,26?/m0/s1. The van der Waals surface area contributed by atoms with Crippen LogP contribution in [-0.4, -0.2) is 29.2 Å². The van der Waals surface area contributed by atoms with Gasteiger partial charge in [0.1, 0.15) is 6.29 Å². The van der Waals surface area contributed by atoms with E-state index < -0.39 is 29.1 Å². The van der Waals surface area contributed by atoms with Gasteiger partial charge in [-0.25, -0.2) is 9.69 Å². The average Bonchev–Trinajstić information content (AvgIpc) is 3.10. The van der Waals surface area contributed by atoms with E-state index in [2.05, 4.69) is 0 Å². The lowest BCUT2D eigenvalue weighted by molar-refractivity contribution is -0.128.